The molecule has 6 rings (SSSR count). The zero-order valence-electron chi connectivity index (χ0n) is 17.9. The smallest absolute Gasteiger partial charge is 0.320 e. The Morgan fingerprint density at radius 1 is 0.824 bits per heavy atom. The van der Waals surface area contributed by atoms with Crippen LogP contribution in [0.5, 0.6) is 0 Å². The lowest BCUT2D eigenvalue weighted by molar-refractivity contribution is 0.240. The van der Waals surface area contributed by atoms with E-state index < -0.39 is 6.04 Å². The van der Waals surface area contributed by atoms with Crippen LogP contribution in [-0.4, -0.2) is 16.0 Å². The van der Waals surface area contributed by atoms with Gasteiger partial charge in [-0.05, 0) is 42.0 Å². The van der Waals surface area contributed by atoms with Crippen molar-refractivity contribution in [3.05, 3.63) is 113 Å². The molecule has 3 aromatic carbocycles. The number of amides is 2. The first kappa shape index (κ1) is 20.5. The highest BCUT2D eigenvalue weighted by Crippen LogP contribution is 2.39. The summed E-state index contributed by atoms with van der Waals surface area (Å²) in [4.78, 5) is 21.0. The van der Waals surface area contributed by atoms with Crippen molar-refractivity contribution in [3.8, 4) is 11.3 Å². The number of H-pyrrole nitrogens is 1. The first-order chi connectivity index (χ1) is 16.7. The van der Waals surface area contributed by atoms with Crippen LogP contribution in [0, 0.1) is 0 Å². The van der Waals surface area contributed by atoms with E-state index in [0.717, 1.165) is 38.0 Å². The number of halogens is 1. The molecular formula is C27H19BrN4O2. The summed E-state index contributed by atoms with van der Waals surface area (Å²) in [6.07, 6.45) is 0. The van der Waals surface area contributed by atoms with Gasteiger partial charge in [0.2, 0.25) is 0 Å². The number of aromatic amines is 1. The van der Waals surface area contributed by atoms with Crippen molar-refractivity contribution in [1.82, 2.24) is 20.6 Å². The number of aromatic nitrogens is 2. The number of nitrogens with zero attached hydrogens (tertiary/aromatic N) is 1. The van der Waals surface area contributed by atoms with Gasteiger partial charge in [-0.15, -0.1) is 0 Å². The first-order valence-electron chi connectivity index (χ1n) is 10.8. The maximum absolute atomic E-state index is 12.8. The van der Waals surface area contributed by atoms with Crippen molar-refractivity contribution >= 4 is 44.3 Å². The van der Waals surface area contributed by atoms with E-state index in [4.69, 9.17) is 9.40 Å². The summed E-state index contributed by atoms with van der Waals surface area (Å²) in [7, 11) is 0. The highest BCUT2D eigenvalue weighted by Gasteiger charge is 2.34. The summed E-state index contributed by atoms with van der Waals surface area (Å²) < 4.78 is 7.27. The summed E-state index contributed by atoms with van der Waals surface area (Å²) in [6, 6.07) is 28.5. The number of fused-ring (bicyclic) bond motifs is 1. The van der Waals surface area contributed by atoms with E-state index in [0.29, 0.717) is 17.3 Å². The lowest BCUT2D eigenvalue weighted by atomic mass is 9.96. The fourth-order valence-electron chi connectivity index (χ4n) is 4.22. The maximum Gasteiger partial charge on any atom is 0.320 e. The third-order valence-corrected chi connectivity index (χ3v) is 6.35. The third kappa shape index (κ3) is 3.70. The van der Waals surface area contributed by atoms with Crippen LogP contribution >= 0.6 is 15.9 Å². The summed E-state index contributed by atoms with van der Waals surface area (Å²) in [6.45, 7) is 0. The van der Waals surface area contributed by atoms with Gasteiger partial charge in [0.05, 0.1) is 16.7 Å². The summed E-state index contributed by atoms with van der Waals surface area (Å²) in [5, 5.41) is 6.02. The quantitative estimate of drug-likeness (QED) is 0.257. The minimum atomic E-state index is -0.534. The van der Waals surface area contributed by atoms with Gasteiger partial charge in [0.25, 0.3) is 0 Å². The highest BCUT2D eigenvalue weighted by molar-refractivity contribution is 9.10. The topological polar surface area (TPSA) is 83.0 Å². The third-order valence-electron chi connectivity index (χ3n) is 5.82. The Bertz CT molecular complexity index is 1500. The van der Waals surface area contributed by atoms with E-state index in [-0.39, 0.29) is 6.03 Å². The second kappa shape index (κ2) is 8.35. The average molecular weight is 511 g/mol. The second-order valence-corrected chi connectivity index (χ2v) is 8.91. The molecule has 6 nitrogen and oxygen atoms in total. The standard InChI is InChI=1S/C27H19BrN4O2/c28-18-12-10-16(11-13-18)21-14-15-22(34-21)25-23(26-29-19-8-4-5-9-20(19)30-26)24(31-27(33)32-25)17-6-2-1-3-7-17/h1-15,25H,(H,29,30)(H2,31,32,33)/t25-/m1/s1. The van der Waals surface area contributed by atoms with Gasteiger partial charge in [0.15, 0.2) is 0 Å². The number of nitrogens with one attached hydrogen (secondary N) is 3. The zero-order valence-corrected chi connectivity index (χ0v) is 19.5. The van der Waals surface area contributed by atoms with Gasteiger partial charge in [-0.25, -0.2) is 9.78 Å². The molecule has 1 atom stereocenters. The molecule has 1 aliphatic rings. The number of para-hydroxylation sites is 2. The molecule has 0 saturated carbocycles. The monoisotopic (exact) mass is 510 g/mol. The highest BCUT2D eigenvalue weighted by atomic mass is 79.9. The van der Waals surface area contributed by atoms with Gasteiger partial charge in [0.1, 0.15) is 23.4 Å². The van der Waals surface area contributed by atoms with Crippen LogP contribution in [0.4, 0.5) is 4.79 Å². The largest absolute Gasteiger partial charge is 0.459 e. The Kier molecular flexibility index (Phi) is 5.04. The fourth-order valence-corrected chi connectivity index (χ4v) is 4.49. The van der Waals surface area contributed by atoms with Crippen molar-refractivity contribution in [1.29, 1.82) is 0 Å². The molecule has 34 heavy (non-hydrogen) atoms. The lowest BCUT2D eigenvalue weighted by Gasteiger charge is -2.28. The summed E-state index contributed by atoms with van der Waals surface area (Å²) in [5.41, 5.74) is 5.10. The molecule has 0 aliphatic carbocycles. The van der Waals surface area contributed by atoms with Crippen LogP contribution in [0.15, 0.2) is 99.9 Å². The number of hydrogen-bond donors (Lipinski definition) is 3. The Labute approximate surface area is 203 Å². The zero-order chi connectivity index (χ0) is 23.1. The number of carbonyl (C=O) groups is 1. The van der Waals surface area contributed by atoms with Crippen LogP contribution in [0.3, 0.4) is 0 Å². The molecule has 0 fully saturated rings. The van der Waals surface area contributed by atoms with Crippen LogP contribution in [0.2, 0.25) is 0 Å². The number of urea groups is 1. The summed E-state index contributed by atoms with van der Waals surface area (Å²) >= 11 is 3.47. The number of rotatable bonds is 4. The SMILES string of the molecule is O=C1NC(c2ccccc2)=C(c2nc3ccccc3[nH]2)[C@@H](c2ccc(-c3ccc(Br)cc3)o2)N1. The van der Waals surface area contributed by atoms with Crippen molar-refractivity contribution in [3.63, 3.8) is 0 Å². The van der Waals surface area contributed by atoms with Crippen molar-refractivity contribution in [2.45, 2.75) is 6.04 Å². The van der Waals surface area contributed by atoms with Gasteiger partial charge in [0, 0.05) is 15.6 Å². The van der Waals surface area contributed by atoms with Crippen LogP contribution in [0.1, 0.15) is 23.2 Å². The molecule has 5 aromatic rings. The predicted octanol–water partition coefficient (Wildman–Crippen LogP) is 6.51. The van der Waals surface area contributed by atoms with E-state index in [1.165, 1.54) is 0 Å². The van der Waals surface area contributed by atoms with Gasteiger partial charge < -0.3 is 20.0 Å². The fraction of sp³-hybridized carbons (Fsp3) is 0.0370. The van der Waals surface area contributed by atoms with E-state index in [2.05, 4.69) is 31.5 Å². The van der Waals surface area contributed by atoms with Crippen LogP contribution < -0.4 is 10.6 Å². The molecule has 3 heterocycles. The Morgan fingerprint density at radius 2 is 1.59 bits per heavy atom. The number of hydrogen-bond acceptors (Lipinski definition) is 3. The molecule has 3 N–H and O–H groups in total. The van der Waals surface area contributed by atoms with Crippen LogP contribution in [0.25, 0.3) is 33.6 Å². The van der Waals surface area contributed by atoms with E-state index in [9.17, 15) is 4.79 Å². The molecule has 0 spiro atoms. The van der Waals surface area contributed by atoms with E-state index in [1.807, 2.05) is 91.0 Å². The molecule has 166 valence electrons. The number of furan rings is 1. The van der Waals surface area contributed by atoms with Crippen molar-refractivity contribution < 1.29 is 9.21 Å². The molecule has 0 bridgehead atoms. The normalized spacial score (nSPS) is 15.9. The number of benzene rings is 3. The van der Waals surface area contributed by atoms with Gasteiger partial charge in [-0.1, -0.05) is 70.5 Å². The second-order valence-electron chi connectivity index (χ2n) is 8.00. The number of carbonyl (C=O) groups excluding carboxylic acids is 1. The average Bonchev–Trinajstić information content (AvgIpc) is 3.52. The Morgan fingerprint density at radius 3 is 2.38 bits per heavy atom. The summed E-state index contributed by atoms with van der Waals surface area (Å²) in [5.74, 6) is 2.01. The van der Waals surface area contributed by atoms with Gasteiger partial charge >= 0.3 is 6.03 Å². The maximum atomic E-state index is 12.8. The Balaban J connectivity index is 1.52. The first-order valence-corrected chi connectivity index (χ1v) is 11.6. The molecule has 0 saturated heterocycles. The molecule has 2 amide bonds. The lowest BCUT2D eigenvalue weighted by Crippen LogP contribution is -2.43. The minimum absolute atomic E-state index is 0.301. The van der Waals surface area contributed by atoms with E-state index >= 15 is 0 Å². The van der Waals surface area contributed by atoms with Crippen molar-refractivity contribution in [2.24, 2.45) is 0 Å². The van der Waals surface area contributed by atoms with Crippen molar-refractivity contribution in [2.75, 3.05) is 0 Å². The molecule has 2 aromatic heterocycles. The molecule has 0 radical (unpaired) electrons. The number of imidazole rings is 1. The molecule has 7 heteroatoms. The predicted molar refractivity (Wildman–Crippen MR) is 136 cm³/mol. The van der Waals surface area contributed by atoms with Crippen LogP contribution in [-0.2, 0) is 0 Å². The Hall–Kier alpha value is -4.10. The molecule has 0 unspecified atom stereocenters. The van der Waals surface area contributed by atoms with Gasteiger partial charge in [-0.2, -0.15) is 0 Å². The molecular weight excluding hydrogens is 492 g/mol. The van der Waals surface area contributed by atoms with E-state index in [1.54, 1.807) is 0 Å². The van der Waals surface area contributed by atoms with Gasteiger partial charge in [-0.3, -0.25) is 0 Å². The minimum Gasteiger partial charge on any atom is -0.459 e. The molecule has 1 aliphatic heterocycles.